The molecule has 138 valence electrons. The largest absolute Gasteiger partial charge is 0.354 e. The Hall–Kier alpha value is -3.21. The molecule has 2 aromatic carbocycles. The molecule has 0 saturated heterocycles. The zero-order valence-electron chi connectivity index (χ0n) is 15.7. The smallest absolute Gasteiger partial charge is 0.258 e. The van der Waals surface area contributed by atoms with Crippen molar-refractivity contribution in [1.82, 2.24) is 9.97 Å². The Bertz CT molecular complexity index is 892. The fourth-order valence-electron chi connectivity index (χ4n) is 2.70. The first-order valence-electron chi connectivity index (χ1n) is 9.10. The number of nitrogens with zero attached hydrogens (tertiary/aromatic N) is 2. The van der Waals surface area contributed by atoms with E-state index >= 15 is 0 Å². The molecule has 0 bridgehead atoms. The maximum atomic E-state index is 12.3. The van der Waals surface area contributed by atoms with Crippen LogP contribution >= 0.6 is 0 Å². The van der Waals surface area contributed by atoms with Crippen molar-refractivity contribution in [2.45, 2.75) is 26.7 Å². The number of aromatic nitrogens is 2. The maximum Gasteiger partial charge on any atom is 0.258 e. The normalized spacial score (nSPS) is 10.4. The standard InChI is InChI=1S/C22H24N4O/c1-16-10-11-20(13-17(16)2)26-21(27)19-14-24-22(25-15-19)23-12-6-9-18-7-4-3-5-8-18/h3-5,7-8,10-11,13-15H,6,9,12H2,1-2H3,(H,26,27)(H,23,24,25). The number of hydrogen-bond acceptors (Lipinski definition) is 4. The topological polar surface area (TPSA) is 66.9 Å². The summed E-state index contributed by atoms with van der Waals surface area (Å²) in [6.07, 6.45) is 5.08. The van der Waals surface area contributed by atoms with Gasteiger partial charge in [-0.2, -0.15) is 0 Å². The molecule has 0 atom stereocenters. The van der Waals surface area contributed by atoms with Crippen LogP contribution in [0.15, 0.2) is 60.9 Å². The molecule has 0 unspecified atom stereocenters. The fourth-order valence-corrected chi connectivity index (χ4v) is 2.70. The molecule has 1 aromatic heterocycles. The van der Waals surface area contributed by atoms with Gasteiger partial charge in [0.25, 0.3) is 5.91 Å². The first-order chi connectivity index (χ1) is 13.1. The van der Waals surface area contributed by atoms with E-state index in [2.05, 4.69) is 32.7 Å². The van der Waals surface area contributed by atoms with Gasteiger partial charge in [-0.1, -0.05) is 36.4 Å². The van der Waals surface area contributed by atoms with Gasteiger partial charge in [-0.15, -0.1) is 0 Å². The van der Waals surface area contributed by atoms with Gasteiger partial charge in [0.1, 0.15) is 0 Å². The van der Waals surface area contributed by atoms with Gasteiger partial charge in [0.15, 0.2) is 0 Å². The number of rotatable bonds is 7. The number of carbonyl (C=O) groups excluding carboxylic acids is 1. The molecule has 5 nitrogen and oxygen atoms in total. The average molecular weight is 360 g/mol. The monoisotopic (exact) mass is 360 g/mol. The van der Waals surface area contributed by atoms with Crippen molar-refractivity contribution in [3.63, 3.8) is 0 Å². The molecule has 0 saturated carbocycles. The molecule has 5 heteroatoms. The number of hydrogen-bond donors (Lipinski definition) is 2. The lowest BCUT2D eigenvalue weighted by Gasteiger charge is -2.08. The first kappa shape index (κ1) is 18.6. The van der Waals surface area contributed by atoms with Gasteiger partial charge in [-0.05, 0) is 55.5 Å². The number of amides is 1. The third kappa shape index (κ3) is 5.38. The van der Waals surface area contributed by atoms with Crippen LogP contribution in [-0.4, -0.2) is 22.4 Å². The second kappa shape index (κ2) is 8.94. The molecule has 3 aromatic rings. The van der Waals surface area contributed by atoms with E-state index in [1.165, 1.54) is 11.1 Å². The van der Waals surface area contributed by atoms with Gasteiger partial charge in [0.05, 0.1) is 5.56 Å². The van der Waals surface area contributed by atoms with Gasteiger partial charge in [0, 0.05) is 24.6 Å². The molecular formula is C22H24N4O. The Morgan fingerprint density at radius 1 is 0.963 bits per heavy atom. The summed E-state index contributed by atoms with van der Waals surface area (Å²) in [7, 11) is 0. The van der Waals surface area contributed by atoms with Crippen LogP contribution < -0.4 is 10.6 Å². The molecule has 1 amide bonds. The lowest BCUT2D eigenvalue weighted by molar-refractivity contribution is 0.102. The number of aryl methyl sites for hydroxylation is 3. The molecule has 0 aliphatic heterocycles. The van der Waals surface area contributed by atoms with E-state index in [1.807, 2.05) is 50.2 Å². The average Bonchev–Trinajstić information content (AvgIpc) is 2.69. The predicted molar refractivity (Wildman–Crippen MR) is 109 cm³/mol. The van der Waals surface area contributed by atoms with Crippen LogP contribution in [0.4, 0.5) is 11.6 Å². The molecule has 0 radical (unpaired) electrons. The summed E-state index contributed by atoms with van der Waals surface area (Å²) in [4.78, 5) is 20.8. The number of nitrogens with one attached hydrogen (secondary N) is 2. The Labute approximate surface area is 159 Å². The maximum absolute atomic E-state index is 12.3. The zero-order valence-corrected chi connectivity index (χ0v) is 15.7. The number of carbonyl (C=O) groups is 1. The van der Waals surface area contributed by atoms with Crippen LogP contribution in [-0.2, 0) is 6.42 Å². The zero-order chi connectivity index (χ0) is 19.1. The van der Waals surface area contributed by atoms with Crippen LogP contribution in [0.3, 0.4) is 0 Å². The van der Waals surface area contributed by atoms with Crippen LogP contribution in [0.5, 0.6) is 0 Å². The Morgan fingerprint density at radius 2 is 1.70 bits per heavy atom. The highest BCUT2D eigenvalue weighted by atomic mass is 16.1. The number of anilines is 2. The van der Waals surface area contributed by atoms with Crippen LogP contribution in [0.25, 0.3) is 0 Å². The minimum atomic E-state index is -0.214. The van der Waals surface area contributed by atoms with E-state index in [4.69, 9.17) is 0 Å². The first-order valence-corrected chi connectivity index (χ1v) is 9.10. The van der Waals surface area contributed by atoms with Crippen molar-refractivity contribution < 1.29 is 4.79 Å². The summed E-state index contributed by atoms with van der Waals surface area (Å²) < 4.78 is 0. The third-order valence-electron chi connectivity index (χ3n) is 4.45. The second-order valence-corrected chi connectivity index (χ2v) is 6.56. The lowest BCUT2D eigenvalue weighted by Crippen LogP contribution is -2.14. The van der Waals surface area contributed by atoms with Crippen LogP contribution in [0.2, 0.25) is 0 Å². The molecule has 0 spiro atoms. The third-order valence-corrected chi connectivity index (χ3v) is 4.45. The van der Waals surface area contributed by atoms with Crippen LogP contribution in [0.1, 0.15) is 33.5 Å². The minimum absolute atomic E-state index is 0.214. The van der Waals surface area contributed by atoms with E-state index < -0.39 is 0 Å². The molecule has 2 N–H and O–H groups in total. The van der Waals surface area contributed by atoms with Crippen molar-refractivity contribution in [1.29, 1.82) is 0 Å². The minimum Gasteiger partial charge on any atom is -0.354 e. The molecule has 0 fully saturated rings. The van der Waals surface area contributed by atoms with Crippen molar-refractivity contribution >= 4 is 17.5 Å². The highest BCUT2D eigenvalue weighted by Crippen LogP contribution is 2.15. The highest BCUT2D eigenvalue weighted by molar-refractivity contribution is 6.03. The van der Waals surface area contributed by atoms with E-state index in [9.17, 15) is 4.79 Å². The molecule has 27 heavy (non-hydrogen) atoms. The van der Waals surface area contributed by atoms with Gasteiger partial charge >= 0.3 is 0 Å². The summed E-state index contributed by atoms with van der Waals surface area (Å²) in [5, 5.41) is 6.07. The molecule has 3 rings (SSSR count). The summed E-state index contributed by atoms with van der Waals surface area (Å²) in [5.41, 5.74) is 4.85. The summed E-state index contributed by atoms with van der Waals surface area (Å²) in [5.74, 6) is 0.319. The second-order valence-electron chi connectivity index (χ2n) is 6.56. The van der Waals surface area contributed by atoms with Gasteiger partial charge in [0.2, 0.25) is 5.95 Å². The van der Waals surface area contributed by atoms with Crippen molar-refractivity contribution in [2.24, 2.45) is 0 Å². The van der Waals surface area contributed by atoms with Crippen molar-refractivity contribution in [2.75, 3.05) is 17.2 Å². The van der Waals surface area contributed by atoms with E-state index in [1.54, 1.807) is 12.4 Å². The fraction of sp³-hybridized carbons (Fsp3) is 0.227. The van der Waals surface area contributed by atoms with E-state index in [0.717, 1.165) is 30.6 Å². The SMILES string of the molecule is Cc1ccc(NC(=O)c2cnc(NCCCc3ccccc3)nc2)cc1C. The molecule has 0 aliphatic rings. The summed E-state index contributed by atoms with van der Waals surface area (Å²) >= 11 is 0. The molecule has 1 heterocycles. The van der Waals surface area contributed by atoms with Gasteiger partial charge in [-0.25, -0.2) is 9.97 Å². The Balaban J connectivity index is 1.49. The van der Waals surface area contributed by atoms with Gasteiger partial charge < -0.3 is 10.6 Å². The molecule has 0 aliphatic carbocycles. The highest BCUT2D eigenvalue weighted by Gasteiger charge is 2.08. The Morgan fingerprint density at radius 3 is 2.41 bits per heavy atom. The Kier molecular flexibility index (Phi) is 6.15. The van der Waals surface area contributed by atoms with E-state index in [-0.39, 0.29) is 5.91 Å². The van der Waals surface area contributed by atoms with Gasteiger partial charge in [-0.3, -0.25) is 4.79 Å². The molecular weight excluding hydrogens is 336 g/mol. The summed E-state index contributed by atoms with van der Waals surface area (Å²) in [6, 6.07) is 16.2. The summed E-state index contributed by atoms with van der Waals surface area (Å²) in [6.45, 7) is 4.84. The van der Waals surface area contributed by atoms with Crippen molar-refractivity contribution in [3.8, 4) is 0 Å². The van der Waals surface area contributed by atoms with E-state index in [0.29, 0.717) is 11.5 Å². The number of benzene rings is 2. The van der Waals surface area contributed by atoms with Crippen LogP contribution in [0, 0.1) is 13.8 Å². The lowest BCUT2D eigenvalue weighted by atomic mass is 10.1. The quantitative estimate of drug-likeness (QED) is 0.613. The predicted octanol–water partition coefficient (Wildman–Crippen LogP) is 4.39. The van der Waals surface area contributed by atoms with Crippen molar-refractivity contribution in [3.05, 3.63) is 83.2 Å².